The van der Waals surface area contributed by atoms with Crippen LogP contribution in [0.15, 0.2) is 17.3 Å². The first-order valence-corrected chi connectivity index (χ1v) is 8.72. The summed E-state index contributed by atoms with van der Waals surface area (Å²) in [5.74, 6) is 1.20. The molecule has 23 heavy (non-hydrogen) atoms. The van der Waals surface area contributed by atoms with Gasteiger partial charge in [0.05, 0.1) is 5.71 Å². The van der Waals surface area contributed by atoms with E-state index in [-0.39, 0.29) is 17.4 Å². The molecule has 4 heteroatoms. The lowest BCUT2D eigenvalue weighted by atomic mass is 9.77. The van der Waals surface area contributed by atoms with Crippen LogP contribution >= 0.6 is 0 Å². The number of unbranched alkanes of at least 4 members (excludes halogenated alkanes) is 1. The van der Waals surface area contributed by atoms with Gasteiger partial charge in [0, 0.05) is 11.5 Å². The number of fused-ring (bicyclic) bond motifs is 3. The Morgan fingerprint density at radius 1 is 1.35 bits per heavy atom. The van der Waals surface area contributed by atoms with Gasteiger partial charge in [-0.25, -0.2) is 0 Å². The van der Waals surface area contributed by atoms with E-state index in [0.29, 0.717) is 11.5 Å². The summed E-state index contributed by atoms with van der Waals surface area (Å²) in [5.41, 5.74) is 2.71. The van der Waals surface area contributed by atoms with Crippen LogP contribution in [0.5, 0.6) is 11.5 Å². The van der Waals surface area contributed by atoms with Crippen molar-refractivity contribution in [3.63, 3.8) is 0 Å². The van der Waals surface area contributed by atoms with E-state index in [1.807, 2.05) is 6.07 Å². The fourth-order valence-electron chi connectivity index (χ4n) is 3.95. The van der Waals surface area contributed by atoms with Gasteiger partial charge in [-0.05, 0) is 48.8 Å². The Morgan fingerprint density at radius 3 is 2.83 bits per heavy atom. The van der Waals surface area contributed by atoms with Crippen molar-refractivity contribution in [2.24, 2.45) is 5.16 Å². The van der Waals surface area contributed by atoms with E-state index in [1.54, 1.807) is 0 Å². The molecule has 0 radical (unpaired) electrons. The van der Waals surface area contributed by atoms with Crippen LogP contribution in [0.2, 0.25) is 0 Å². The van der Waals surface area contributed by atoms with Gasteiger partial charge in [-0.1, -0.05) is 38.8 Å². The fraction of sp³-hybridized carbons (Fsp3) is 0.632. The van der Waals surface area contributed by atoms with Crippen molar-refractivity contribution in [1.29, 1.82) is 0 Å². The number of ether oxygens (including phenoxy) is 1. The van der Waals surface area contributed by atoms with Crippen LogP contribution < -0.4 is 4.74 Å². The molecule has 2 aliphatic rings. The molecule has 1 aliphatic carbocycles. The fourth-order valence-corrected chi connectivity index (χ4v) is 3.95. The highest BCUT2D eigenvalue weighted by molar-refractivity contribution is 5.91. The number of benzene rings is 1. The van der Waals surface area contributed by atoms with Crippen molar-refractivity contribution < 1.29 is 15.1 Å². The first kappa shape index (κ1) is 16.2. The second kappa shape index (κ2) is 6.06. The second-order valence-corrected chi connectivity index (χ2v) is 7.52. The molecule has 1 saturated carbocycles. The van der Waals surface area contributed by atoms with Crippen LogP contribution in [0.4, 0.5) is 0 Å². The summed E-state index contributed by atoms with van der Waals surface area (Å²) in [6.07, 6.45) is 5.88. The summed E-state index contributed by atoms with van der Waals surface area (Å²) in [6, 6.07) is 3.99. The van der Waals surface area contributed by atoms with Gasteiger partial charge in [0.15, 0.2) is 0 Å². The zero-order valence-corrected chi connectivity index (χ0v) is 14.3. The molecule has 1 aliphatic heterocycles. The molecule has 0 bridgehead atoms. The first-order chi connectivity index (χ1) is 11.0. The number of oxime groups is 1. The Kier molecular flexibility index (Phi) is 4.26. The summed E-state index contributed by atoms with van der Waals surface area (Å²) in [6.45, 7) is 6.62. The standard InChI is InChI=1S/C19H27NO3/c1-4-5-9-19(2,3)12-10-15(21)17-13-7-6-8-14(20-22)18(13)23-16(17)11-12/h10-11,13,18,21-22H,4-9H2,1-3H3. The molecule has 3 rings (SSSR count). The third-order valence-corrected chi connectivity index (χ3v) is 5.45. The maximum absolute atomic E-state index is 10.6. The predicted octanol–water partition coefficient (Wildman–Crippen LogP) is 4.72. The minimum absolute atomic E-state index is 0.00748. The first-order valence-electron chi connectivity index (χ1n) is 8.72. The van der Waals surface area contributed by atoms with Crippen molar-refractivity contribution in [3.05, 3.63) is 23.3 Å². The molecular formula is C19H27NO3. The molecule has 126 valence electrons. The van der Waals surface area contributed by atoms with Crippen molar-refractivity contribution in [1.82, 2.24) is 0 Å². The molecule has 1 aromatic rings. The van der Waals surface area contributed by atoms with Gasteiger partial charge in [-0.3, -0.25) is 0 Å². The highest BCUT2D eigenvalue weighted by atomic mass is 16.5. The molecule has 1 heterocycles. The summed E-state index contributed by atoms with van der Waals surface area (Å²) in [7, 11) is 0. The van der Waals surface area contributed by atoms with Crippen LogP contribution in [0.1, 0.15) is 76.3 Å². The normalized spacial score (nSPS) is 25.1. The van der Waals surface area contributed by atoms with Crippen molar-refractivity contribution in [2.75, 3.05) is 0 Å². The van der Waals surface area contributed by atoms with Gasteiger partial charge < -0.3 is 15.1 Å². The highest BCUT2D eigenvalue weighted by Gasteiger charge is 2.42. The van der Waals surface area contributed by atoms with Gasteiger partial charge in [-0.2, -0.15) is 0 Å². The monoisotopic (exact) mass is 317 g/mol. The number of phenolic OH excluding ortho intramolecular Hbond substituents is 1. The lowest BCUT2D eigenvalue weighted by Crippen LogP contribution is -2.32. The van der Waals surface area contributed by atoms with Crippen molar-refractivity contribution in [3.8, 4) is 11.5 Å². The van der Waals surface area contributed by atoms with Crippen LogP contribution in [0.25, 0.3) is 0 Å². The van der Waals surface area contributed by atoms with Gasteiger partial charge in [-0.15, -0.1) is 0 Å². The number of nitrogens with zero attached hydrogens (tertiary/aromatic N) is 1. The minimum atomic E-state index is -0.219. The van der Waals surface area contributed by atoms with Crippen LogP contribution in [-0.2, 0) is 5.41 Å². The van der Waals surface area contributed by atoms with Crippen LogP contribution in [0, 0.1) is 0 Å². The average molecular weight is 317 g/mol. The SMILES string of the molecule is CCCCC(C)(C)c1cc(O)c2c(c1)OC1C(=NO)CCCC21. The van der Waals surface area contributed by atoms with E-state index in [4.69, 9.17) is 4.74 Å². The van der Waals surface area contributed by atoms with Crippen LogP contribution in [-0.4, -0.2) is 22.1 Å². The lowest BCUT2D eigenvalue weighted by Gasteiger charge is -2.26. The average Bonchev–Trinajstić information content (AvgIpc) is 2.91. The molecule has 0 spiro atoms. The number of aromatic hydroxyl groups is 1. The molecule has 0 amide bonds. The van der Waals surface area contributed by atoms with Crippen molar-refractivity contribution in [2.45, 2.75) is 76.7 Å². The molecule has 4 nitrogen and oxygen atoms in total. The molecule has 1 aromatic carbocycles. The molecule has 1 fully saturated rings. The Morgan fingerprint density at radius 2 is 2.13 bits per heavy atom. The van der Waals surface area contributed by atoms with Gasteiger partial charge in [0.1, 0.15) is 17.6 Å². The molecule has 2 N–H and O–H groups in total. The largest absolute Gasteiger partial charge is 0.508 e. The molecule has 0 aromatic heterocycles. The lowest BCUT2D eigenvalue weighted by molar-refractivity contribution is 0.236. The van der Waals surface area contributed by atoms with E-state index < -0.39 is 0 Å². The third kappa shape index (κ3) is 2.79. The molecule has 2 unspecified atom stereocenters. The zero-order valence-electron chi connectivity index (χ0n) is 14.3. The van der Waals surface area contributed by atoms with Crippen LogP contribution in [0.3, 0.4) is 0 Å². The van der Waals surface area contributed by atoms with Gasteiger partial charge >= 0.3 is 0 Å². The maximum atomic E-state index is 10.6. The summed E-state index contributed by atoms with van der Waals surface area (Å²) in [4.78, 5) is 0. The van der Waals surface area contributed by atoms with Gasteiger partial charge in [0.25, 0.3) is 0 Å². The van der Waals surface area contributed by atoms with E-state index in [1.165, 1.54) is 0 Å². The van der Waals surface area contributed by atoms with Crippen molar-refractivity contribution >= 4 is 5.71 Å². The Labute approximate surface area is 138 Å². The van der Waals surface area contributed by atoms with E-state index in [2.05, 4.69) is 32.0 Å². The summed E-state index contributed by atoms with van der Waals surface area (Å²) < 4.78 is 6.08. The third-order valence-electron chi connectivity index (χ3n) is 5.45. The number of hydrogen-bond donors (Lipinski definition) is 2. The smallest absolute Gasteiger partial charge is 0.147 e. The predicted molar refractivity (Wildman–Crippen MR) is 90.9 cm³/mol. The maximum Gasteiger partial charge on any atom is 0.147 e. The quantitative estimate of drug-likeness (QED) is 0.624. The molecular weight excluding hydrogens is 290 g/mol. The van der Waals surface area contributed by atoms with E-state index in [0.717, 1.165) is 55.4 Å². The summed E-state index contributed by atoms with van der Waals surface area (Å²) in [5, 5.41) is 23.3. The Balaban J connectivity index is 1.96. The number of hydrogen-bond acceptors (Lipinski definition) is 4. The zero-order chi connectivity index (χ0) is 16.6. The Bertz CT molecular complexity index is 621. The highest BCUT2D eigenvalue weighted by Crippen LogP contribution is 2.50. The minimum Gasteiger partial charge on any atom is -0.508 e. The van der Waals surface area contributed by atoms with Gasteiger partial charge in [0.2, 0.25) is 0 Å². The second-order valence-electron chi connectivity index (χ2n) is 7.52. The van der Waals surface area contributed by atoms with E-state index in [9.17, 15) is 10.3 Å². The van der Waals surface area contributed by atoms with E-state index >= 15 is 0 Å². The number of phenols is 1. The molecule has 2 atom stereocenters. The number of rotatable bonds is 4. The Hall–Kier alpha value is -1.71. The molecule has 0 saturated heterocycles. The topological polar surface area (TPSA) is 62.0 Å². The summed E-state index contributed by atoms with van der Waals surface area (Å²) >= 11 is 0.